The van der Waals surface area contributed by atoms with Gasteiger partial charge >= 0.3 is 0 Å². The highest BCUT2D eigenvalue weighted by atomic mass is 16.5. The van der Waals surface area contributed by atoms with E-state index < -0.39 is 0 Å². The fourth-order valence-corrected chi connectivity index (χ4v) is 3.52. The van der Waals surface area contributed by atoms with Crippen molar-refractivity contribution in [1.29, 1.82) is 0 Å². The van der Waals surface area contributed by atoms with Gasteiger partial charge in [0.05, 0.1) is 12.7 Å². The summed E-state index contributed by atoms with van der Waals surface area (Å²) in [5, 5.41) is 10.7. The molecule has 98 valence electrons. The maximum atomic E-state index is 10.7. The second-order valence-corrected chi connectivity index (χ2v) is 5.80. The van der Waals surface area contributed by atoms with Gasteiger partial charge in [-0.25, -0.2) is 0 Å². The molecule has 1 aromatic rings. The van der Waals surface area contributed by atoms with E-state index in [2.05, 4.69) is 19.1 Å². The lowest BCUT2D eigenvalue weighted by molar-refractivity contribution is 0.0859. The number of para-hydroxylation sites is 1. The van der Waals surface area contributed by atoms with Crippen molar-refractivity contribution in [2.75, 3.05) is 6.61 Å². The molecular formula is C16H22O2. The molecule has 0 bridgehead atoms. The van der Waals surface area contributed by atoms with Crippen LogP contribution in [-0.2, 0) is 6.42 Å². The van der Waals surface area contributed by atoms with Gasteiger partial charge < -0.3 is 9.84 Å². The molecule has 3 atom stereocenters. The van der Waals surface area contributed by atoms with Gasteiger partial charge in [0.15, 0.2) is 0 Å². The fourth-order valence-electron chi connectivity index (χ4n) is 3.52. The predicted octanol–water partition coefficient (Wildman–Crippen LogP) is 3.48. The van der Waals surface area contributed by atoms with Crippen LogP contribution < -0.4 is 4.74 Å². The first-order valence-corrected chi connectivity index (χ1v) is 7.20. The topological polar surface area (TPSA) is 29.5 Å². The molecule has 2 nitrogen and oxygen atoms in total. The van der Waals surface area contributed by atoms with Crippen molar-refractivity contribution in [2.45, 2.75) is 45.1 Å². The molecule has 1 aliphatic carbocycles. The summed E-state index contributed by atoms with van der Waals surface area (Å²) in [4.78, 5) is 0. The molecule has 1 N–H and O–H groups in total. The summed E-state index contributed by atoms with van der Waals surface area (Å²) in [6.07, 6.45) is 5.46. The van der Waals surface area contributed by atoms with E-state index in [0.717, 1.165) is 37.2 Å². The Balaban J connectivity index is 1.91. The van der Waals surface area contributed by atoms with E-state index in [1.807, 2.05) is 6.07 Å². The molecule has 2 aliphatic rings. The first-order chi connectivity index (χ1) is 8.77. The molecule has 0 saturated heterocycles. The standard InChI is InChI=1S/C16H22O2/c1-11-5-2-8-13(11)15(17)14-9-3-6-12-7-4-10-18-16(12)14/h3,6,9,11,13,15,17H,2,4-5,7-8,10H2,1H3. The third kappa shape index (κ3) is 2.03. The molecule has 1 aliphatic heterocycles. The largest absolute Gasteiger partial charge is 0.493 e. The molecule has 1 heterocycles. The highest BCUT2D eigenvalue weighted by Gasteiger charge is 2.32. The summed E-state index contributed by atoms with van der Waals surface area (Å²) >= 11 is 0. The second-order valence-electron chi connectivity index (χ2n) is 5.80. The van der Waals surface area contributed by atoms with Gasteiger partial charge in [0.2, 0.25) is 0 Å². The Morgan fingerprint density at radius 1 is 1.28 bits per heavy atom. The molecule has 1 saturated carbocycles. The van der Waals surface area contributed by atoms with Gasteiger partial charge in [-0.1, -0.05) is 38.0 Å². The Morgan fingerprint density at radius 3 is 2.94 bits per heavy atom. The van der Waals surface area contributed by atoms with Crippen LogP contribution in [0.3, 0.4) is 0 Å². The molecular weight excluding hydrogens is 224 g/mol. The molecule has 3 rings (SSSR count). The summed E-state index contributed by atoms with van der Waals surface area (Å²) in [5.41, 5.74) is 2.29. The first-order valence-electron chi connectivity index (χ1n) is 7.20. The number of ether oxygens (including phenoxy) is 1. The van der Waals surface area contributed by atoms with E-state index in [4.69, 9.17) is 4.74 Å². The zero-order chi connectivity index (χ0) is 12.5. The number of fused-ring (bicyclic) bond motifs is 1. The lowest BCUT2D eigenvalue weighted by Gasteiger charge is -2.27. The number of benzene rings is 1. The van der Waals surface area contributed by atoms with Crippen LogP contribution in [0.25, 0.3) is 0 Å². The number of hydrogen-bond acceptors (Lipinski definition) is 2. The average molecular weight is 246 g/mol. The third-order valence-electron chi connectivity index (χ3n) is 4.62. The first kappa shape index (κ1) is 12.0. The van der Waals surface area contributed by atoms with Gasteiger partial charge in [-0.15, -0.1) is 0 Å². The Labute approximate surface area is 109 Å². The van der Waals surface area contributed by atoms with E-state index in [-0.39, 0.29) is 6.10 Å². The van der Waals surface area contributed by atoms with Crippen molar-refractivity contribution in [3.05, 3.63) is 29.3 Å². The minimum atomic E-state index is -0.351. The van der Waals surface area contributed by atoms with Crippen LogP contribution in [0.15, 0.2) is 18.2 Å². The van der Waals surface area contributed by atoms with Crippen molar-refractivity contribution in [1.82, 2.24) is 0 Å². The molecule has 18 heavy (non-hydrogen) atoms. The number of rotatable bonds is 2. The van der Waals surface area contributed by atoms with Gasteiger partial charge in [0.1, 0.15) is 5.75 Å². The van der Waals surface area contributed by atoms with E-state index >= 15 is 0 Å². The van der Waals surface area contributed by atoms with Gasteiger partial charge in [0, 0.05) is 5.56 Å². The van der Waals surface area contributed by atoms with E-state index in [1.165, 1.54) is 18.4 Å². The average Bonchev–Trinajstić information content (AvgIpc) is 2.83. The molecule has 1 aromatic carbocycles. The number of aliphatic hydroxyl groups excluding tert-OH is 1. The Kier molecular flexibility index (Phi) is 3.29. The molecule has 0 spiro atoms. The van der Waals surface area contributed by atoms with E-state index in [1.54, 1.807) is 0 Å². The zero-order valence-electron chi connectivity index (χ0n) is 11.1. The molecule has 3 unspecified atom stereocenters. The van der Waals surface area contributed by atoms with E-state index in [0.29, 0.717) is 11.8 Å². The van der Waals surface area contributed by atoms with Gasteiger partial charge in [-0.3, -0.25) is 0 Å². The van der Waals surface area contributed by atoms with E-state index in [9.17, 15) is 5.11 Å². The van der Waals surface area contributed by atoms with Crippen molar-refractivity contribution in [3.8, 4) is 5.75 Å². The number of aryl methyl sites for hydroxylation is 1. The summed E-state index contributed by atoms with van der Waals surface area (Å²) in [6, 6.07) is 6.23. The molecule has 0 amide bonds. The van der Waals surface area contributed by atoms with Gasteiger partial charge in [-0.05, 0) is 36.7 Å². The maximum Gasteiger partial charge on any atom is 0.128 e. The highest BCUT2D eigenvalue weighted by molar-refractivity contribution is 5.44. The maximum absolute atomic E-state index is 10.7. The molecule has 1 fully saturated rings. The summed E-state index contributed by atoms with van der Waals surface area (Å²) in [7, 11) is 0. The summed E-state index contributed by atoms with van der Waals surface area (Å²) in [5.74, 6) is 2.00. The molecule has 2 heteroatoms. The SMILES string of the molecule is CC1CCCC1C(O)c1cccc2c1OCCC2. The lowest BCUT2D eigenvalue weighted by atomic mass is 9.86. The van der Waals surface area contributed by atoms with Crippen LogP contribution in [0.2, 0.25) is 0 Å². The quantitative estimate of drug-likeness (QED) is 0.865. The van der Waals surface area contributed by atoms with Crippen molar-refractivity contribution >= 4 is 0 Å². The Morgan fingerprint density at radius 2 is 2.17 bits per heavy atom. The van der Waals surface area contributed by atoms with Crippen molar-refractivity contribution in [2.24, 2.45) is 11.8 Å². The minimum Gasteiger partial charge on any atom is -0.493 e. The molecule has 0 radical (unpaired) electrons. The van der Waals surface area contributed by atoms with Crippen LogP contribution >= 0.6 is 0 Å². The summed E-state index contributed by atoms with van der Waals surface area (Å²) < 4.78 is 5.81. The monoisotopic (exact) mass is 246 g/mol. The third-order valence-corrected chi connectivity index (χ3v) is 4.62. The Bertz CT molecular complexity index is 427. The zero-order valence-corrected chi connectivity index (χ0v) is 11.1. The smallest absolute Gasteiger partial charge is 0.128 e. The van der Waals surface area contributed by atoms with Gasteiger partial charge in [0.25, 0.3) is 0 Å². The van der Waals surface area contributed by atoms with Crippen molar-refractivity contribution < 1.29 is 9.84 Å². The summed E-state index contributed by atoms with van der Waals surface area (Å²) in [6.45, 7) is 3.05. The lowest BCUT2D eigenvalue weighted by Crippen LogP contribution is -2.18. The highest BCUT2D eigenvalue weighted by Crippen LogP contribution is 2.43. The van der Waals surface area contributed by atoms with Crippen LogP contribution in [0.1, 0.15) is 49.8 Å². The fraction of sp³-hybridized carbons (Fsp3) is 0.625. The predicted molar refractivity (Wildman–Crippen MR) is 71.7 cm³/mol. The van der Waals surface area contributed by atoms with Crippen LogP contribution in [0.5, 0.6) is 5.75 Å². The van der Waals surface area contributed by atoms with Gasteiger partial charge in [-0.2, -0.15) is 0 Å². The number of hydrogen-bond donors (Lipinski definition) is 1. The van der Waals surface area contributed by atoms with Crippen molar-refractivity contribution in [3.63, 3.8) is 0 Å². The molecule has 0 aromatic heterocycles. The van der Waals surface area contributed by atoms with Crippen LogP contribution in [0.4, 0.5) is 0 Å². The van der Waals surface area contributed by atoms with Crippen LogP contribution in [-0.4, -0.2) is 11.7 Å². The second kappa shape index (κ2) is 4.93. The van der Waals surface area contributed by atoms with Crippen LogP contribution in [0, 0.1) is 11.8 Å². The normalized spacial score (nSPS) is 28.6. The number of aliphatic hydroxyl groups is 1. The Hall–Kier alpha value is -1.02. The minimum absolute atomic E-state index is 0.351.